The van der Waals surface area contributed by atoms with Gasteiger partial charge in [0.05, 0.1) is 12.3 Å². The van der Waals surface area contributed by atoms with Crippen LogP contribution in [-0.2, 0) is 6.54 Å². The molecule has 2 heterocycles. The lowest BCUT2D eigenvalue weighted by Gasteiger charge is -2.17. The van der Waals surface area contributed by atoms with Crippen molar-refractivity contribution in [1.29, 1.82) is 0 Å². The Morgan fingerprint density at radius 2 is 1.92 bits per heavy atom. The van der Waals surface area contributed by atoms with Crippen LogP contribution in [-0.4, -0.2) is 18.1 Å². The summed E-state index contributed by atoms with van der Waals surface area (Å²) >= 11 is 1.75. The van der Waals surface area contributed by atoms with Crippen molar-refractivity contribution >= 4 is 16.5 Å². The van der Waals surface area contributed by atoms with E-state index < -0.39 is 0 Å². The Morgan fingerprint density at radius 1 is 1.12 bits per heavy atom. The minimum Gasteiger partial charge on any atom is -0.467 e. The third kappa shape index (κ3) is 3.86. The predicted molar refractivity (Wildman–Crippen MR) is 99.5 cm³/mol. The van der Waals surface area contributed by atoms with Gasteiger partial charge >= 0.3 is 0 Å². The van der Waals surface area contributed by atoms with Crippen molar-refractivity contribution in [2.24, 2.45) is 0 Å². The van der Waals surface area contributed by atoms with Crippen molar-refractivity contribution in [2.75, 3.05) is 18.0 Å². The number of nitrogens with one attached hydrogen (secondary N) is 1. The monoisotopic (exact) mass is 341 g/mol. The molecule has 0 saturated heterocycles. The number of hydrogen-bond donors (Lipinski definition) is 1. The van der Waals surface area contributed by atoms with Crippen LogP contribution in [0.25, 0.3) is 0 Å². The summed E-state index contributed by atoms with van der Waals surface area (Å²) in [6, 6.07) is 14.4. The summed E-state index contributed by atoms with van der Waals surface area (Å²) in [6.07, 6.45) is 3.69. The normalized spacial score (nSPS) is 12.2. The number of anilines is 1. The third-order valence-corrected chi connectivity index (χ3v) is 5.07. The van der Waals surface area contributed by atoms with E-state index in [2.05, 4.69) is 53.3 Å². The zero-order valence-electron chi connectivity index (χ0n) is 14.1. The number of nitrogens with zero attached hydrogens (tertiary/aromatic N) is 2. The van der Waals surface area contributed by atoms with Gasteiger partial charge in [0, 0.05) is 30.7 Å². The maximum Gasteiger partial charge on any atom is 0.185 e. The summed E-state index contributed by atoms with van der Waals surface area (Å²) < 4.78 is 5.63. The van der Waals surface area contributed by atoms with Gasteiger partial charge in [-0.2, -0.15) is 0 Å². The molecule has 126 valence electrons. The Bertz CT molecular complexity index is 720. The molecule has 3 aromatic rings. The van der Waals surface area contributed by atoms with Crippen molar-refractivity contribution in [3.05, 3.63) is 71.1 Å². The highest BCUT2D eigenvalue weighted by Gasteiger charge is 2.17. The molecule has 0 aliphatic rings. The van der Waals surface area contributed by atoms with Crippen molar-refractivity contribution < 1.29 is 4.42 Å². The van der Waals surface area contributed by atoms with E-state index in [0.717, 1.165) is 30.5 Å². The first-order valence-corrected chi connectivity index (χ1v) is 9.14. The molecule has 2 aromatic heterocycles. The van der Waals surface area contributed by atoms with Gasteiger partial charge in [-0.25, -0.2) is 4.98 Å². The molecule has 24 heavy (non-hydrogen) atoms. The van der Waals surface area contributed by atoms with Crippen LogP contribution in [0.5, 0.6) is 0 Å². The van der Waals surface area contributed by atoms with Gasteiger partial charge in [0.1, 0.15) is 5.76 Å². The van der Waals surface area contributed by atoms with Gasteiger partial charge < -0.3 is 9.32 Å². The quantitative estimate of drug-likeness (QED) is 0.657. The number of furan rings is 1. The van der Waals surface area contributed by atoms with Crippen LogP contribution in [0, 0.1) is 0 Å². The van der Waals surface area contributed by atoms with Crippen molar-refractivity contribution in [3.63, 3.8) is 0 Å². The van der Waals surface area contributed by atoms with Gasteiger partial charge in [0.25, 0.3) is 0 Å². The highest BCUT2D eigenvalue weighted by Crippen LogP contribution is 2.26. The zero-order chi connectivity index (χ0) is 16.8. The minimum atomic E-state index is 0.0419. The van der Waals surface area contributed by atoms with Crippen LogP contribution in [0.3, 0.4) is 0 Å². The molecule has 0 aliphatic heterocycles. The third-order valence-electron chi connectivity index (χ3n) is 4.02. The van der Waals surface area contributed by atoms with E-state index in [1.54, 1.807) is 17.6 Å². The van der Waals surface area contributed by atoms with Gasteiger partial charge in [-0.15, -0.1) is 11.3 Å². The lowest BCUT2D eigenvalue weighted by Crippen LogP contribution is -2.21. The molecule has 1 aromatic carbocycles. The fourth-order valence-corrected chi connectivity index (χ4v) is 3.69. The van der Waals surface area contributed by atoms with Gasteiger partial charge in [-0.3, -0.25) is 5.32 Å². The van der Waals surface area contributed by atoms with E-state index in [0.29, 0.717) is 0 Å². The number of rotatable bonds is 8. The maximum absolute atomic E-state index is 5.63. The Labute approximate surface area is 147 Å². The molecule has 3 rings (SSSR count). The fourth-order valence-electron chi connectivity index (χ4n) is 2.71. The molecule has 0 amide bonds. The second kappa shape index (κ2) is 8.13. The summed E-state index contributed by atoms with van der Waals surface area (Å²) in [6.45, 7) is 7.04. The largest absolute Gasteiger partial charge is 0.467 e. The van der Waals surface area contributed by atoms with Gasteiger partial charge in [0.15, 0.2) is 5.13 Å². The molecule has 5 heteroatoms. The van der Waals surface area contributed by atoms with E-state index in [9.17, 15) is 0 Å². The average Bonchev–Trinajstić information content (AvgIpc) is 3.30. The molecule has 4 nitrogen and oxygen atoms in total. The number of hydrogen-bond acceptors (Lipinski definition) is 5. The highest BCUT2D eigenvalue weighted by atomic mass is 32.1. The molecule has 0 saturated carbocycles. The number of aromatic nitrogens is 1. The average molecular weight is 341 g/mol. The van der Waals surface area contributed by atoms with Crippen LogP contribution >= 0.6 is 11.3 Å². The van der Waals surface area contributed by atoms with Crippen LogP contribution in [0.15, 0.2) is 59.3 Å². The predicted octanol–water partition coefficient (Wildman–Crippen LogP) is 4.46. The summed E-state index contributed by atoms with van der Waals surface area (Å²) in [5.74, 6) is 0.926. The molecular formula is C19H23N3OS. The first-order chi connectivity index (χ1) is 11.8. The molecule has 0 bridgehead atoms. The van der Waals surface area contributed by atoms with E-state index in [1.165, 1.54) is 10.4 Å². The van der Waals surface area contributed by atoms with Gasteiger partial charge in [0.2, 0.25) is 0 Å². The number of thiazole rings is 1. The summed E-state index contributed by atoms with van der Waals surface area (Å²) in [5, 5.41) is 4.69. The van der Waals surface area contributed by atoms with Crippen LogP contribution in [0.4, 0.5) is 5.13 Å². The summed E-state index contributed by atoms with van der Waals surface area (Å²) in [4.78, 5) is 8.05. The Hall–Kier alpha value is -2.11. The lowest BCUT2D eigenvalue weighted by molar-refractivity contribution is 0.446. The fraction of sp³-hybridized carbons (Fsp3) is 0.316. The Kier molecular flexibility index (Phi) is 5.67. The molecule has 1 atom stereocenters. The van der Waals surface area contributed by atoms with Crippen LogP contribution < -0.4 is 10.2 Å². The van der Waals surface area contributed by atoms with Gasteiger partial charge in [-0.1, -0.05) is 30.3 Å². The SMILES string of the molecule is CCN(CC)c1ncc(CNC(c2ccccc2)c2ccco2)s1. The van der Waals surface area contributed by atoms with E-state index in [-0.39, 0.29) is 6.04 Å². The van der Waals surface area contributed by atoms with Crippen molar-refractivity contribution in [3.8, 4) is 0 Å². The topological polar surface area (TPSA) is 41.3 Å². The van der Waals surface area contributed by atoms with Crippen molar-refractivity contribution in [2.45, 2.75) is 26.4 Å². The number of benzene rings is 1. The maximum atomic E-state index is 5.63. The molecule has 0 fully saturated rings. The molecule has 0 aliphatic carbocycles. The molecule has 1 unspecified atom stereocenters. The lowest BCUT2D eigenvalue weighted by atomic mass is 10.0. The first-order valence-electron chi connectivity index (χ1n) is 8.33. The molecule has 0 radical (unpaired) electrons. The molecule has 0 spiro atoms. The van der Waals surface area contributed by atoms with Gasteiger partial charge in [-0.05, 0) is 31.5 Å². The second-order valence-electron chi connectivity index (χ2n) is 5.52. The van der Waals surface area contributed by atoms with Crippen molar-refractivity contribution in [1.82, 2.24) is 10.3 Å². The minimum absolute atomic E-state index is 0.0419. The van der Waals surface area contributed by atoms with Crippen LogP contribution in [0.1, 0.15) is 36.1 Å². The van der Waals surface area contributed by atoms with E-state index in [1.807, 2.05) is 24.4 Å². The Balaban J connectivity index is 1.73. The molecular weight excluding hydrogens is 318 g/mol. The Morgan fingerprint density at radius 3 is 2.58 bits per heavy atom. The molecule has 1 N–H and O–H groups in total. The highest BCUT2D eigenvalue weighted by molar-refractivity contribution is 7.15. The van der Waals surface area contributed by atoms with E-state index in [4.69, 9.17) is 4.42 Å². The zero-order valence-corrected chi connectivity index (χ0v) is 14.9. The first kappa shape index (κ1) is 16.7. The van der Waals surface area contributed by atoms with E-state index >= 15 is 0 Å². The standard InChI is InChI=1S/C19H23N3OS/c1-3-22(4-2)19-21-14-16(24-19)13-20-18(17-11-8-12-23-17)15-9-6-5-7-10-15/h5-12,14,18,20H,3-4,13H2,1-2H3. The smallest absolute Gasteiger partial charge is 0.185 e. The van der Waals surface area contributed by atoms with Crippen LogP contribution in [0.2, 0.25) is 0 Å². The second-order valence-corrected chi connectivity index (χ2v) is 6.62. The summed E-state index contributed by atoms with van der Waals surface area (Å²) in [7, 11) is 0. The summed E-state index contributed by atoms with van der Waals surface area (Å²) in [5.41, 5.74) is 1.20.